The number of aryl methyl sites for hydroxylation is 4. The van der Waals surface area contributed by atoms with Crippen molar-refractivity contribution in [3.63, 3.8) is 0 Å². The second kappa shape index (κ2) is 14.6. The minimum absolute atomic E-state index is 0.200. The Kier molecular flexibility index (Phi) is 10.9. The van der Waals surface area contributed by atoms with E-state index in [2.05, 4.69) is 111 Å². The van der Waals surface area contributed by atoms with E-state index in [0.29, 0.717) is 0 Å². The summed E-state index contributed by atoms with van der Waals surface area (Å²) < 4.78 is 24.2. The molecule has 1 fully saturated rings. The van der Waals surface area contributed by atoms with Crippen LogP contribution in [0.4, 0.5) is 11.4 Å². The van der Waals surface area contributed by atoms with E-state index in [9.17, 15) is 0 Å². The van der Waals surface area contributed by atoms with Gasteiger partial charge < -0.3 is 29.8 Å². The summed E-state index contributed by atoms with van der Waals surface area (Å²) in [5.74, 6) is 1.62. The molecule has 4 N–H and O–H groups in total. The summed E-state index contributed by atoms with van der Waals surface area (Å²) in [5, 5.41) is 7.53. The molecule has 0 atom stereocenters. The molecule has 0 amide bonds. The predicted molar refractivity (Wildman–Crippen MR) is 208 cm³/mol. The largest absolute Gasteiger partial charge is 0.505 e. The van der Waals surface area contributed by atoms with Crippen molar-refractivity contribution in [3.05, 3.63) is 97.9 Å². The van der Waals surface area contributed by atoms with Crippen LogP contribution in [0.15, 0.2) is 82.1 Å². The van der Waals surface area contributed by atoms with Crippen LogP contribution < -0.4 is 16.2 Å². The monoisotopic (exact) mass is 794 g/mol. The van der Waals surface area contributed by atoms with Gasteiger partial charge in [0.15, 0.2) is 0 Å². The van der Waals surface area contributed by atoms with Crippen molar-refractivity contribution in [1.29, 1.82) is 0 Å². The molecule has 4 aromatic heterocycles. The van der Waals surface area contributed by atoms with Crippen molar-refractivity contribution < 1.29 is 18.4 Å². The maximum Gasteiger partial charge on any atom is 0.505 e. The van der Waals surface area contributed by atoms with E-state index in [1.54, 1.807) is 35.1 Å². The molecule has 250 valence electrons. The van der Waals surface area contributed by atoms with Crippen LogP contribution in [0.5, 0.6) is 0 Å². The third-order valence-corrected chi connectivity index (χ3v) is 11.5. The number of hydrogen-bond donors (Lipinski definition) is 2. The van der Waals surface area contributed by atoms with E-state index >= 15 is 0 Å². The average Bonchev–Trinajstić information content (AvgIpc) is 3.86. The molecule has 8 nitrogen and oxygen atoms in total. The molecule has 0 radical (unpaired) electrons. The summed E-state index contributed by atoms with van der Waals surface area (Å²) in [5.41, 5.74) is 18.2. The number of nitrogen functional groups attached to an aromatic ring is 2. The minimum Gasteiger partial charge on any atom is -0.399 e. The highest BCUT2D eigenvalue weighted by molar-refractivity contribution is 14.1. The maximum absolute atomic E-state index is 6.17. The van der Waals surface area contributed by atoms with Crippen LogP contribution in [0.2, 0.25) is 0 Å². The highest BCUT2D eigenvalue weighted by Crippen LogP contribution is 2.37. The fourth-order valence-corrected chi connectivity index (χ4v) is 7.02. The molecule has 5 heterocycles. The first-order chi connectivity index (χ1) is 22.6. The molecule has 12 heteroatoms. The first-order valence-electron chi connectivity index (χ1n) is 15.4. The van der Waals surface area contributed by atoms with Crippen molar-refractivity contribution >= 4 is 68.5 Å². The van der Waals surface area contributed by atoms with Crippen LogP contribution in [0.25, 0.3) is 32.7 Å². The van der Waals surface area contributed by atoms with Gasteiger partial charge in [-0.2, -0.15) is 0 Å². The van der Waals surface area contributed by atoms with Gasteiger partial charge in [0.1, 0.15) is 11.5 Å². The number of rotatable bonds is 4. The zero-order valence-corrected chi connectivity index (χ0v) is 32.2. The molecule has 0 bridgehead atoms. The summed E-state index contributed by atoms with van der Waals surface area (Å²) in [6, 6.07) is 20.4. The number of nitrogens with two attached hydrogens (primary N) is 2. The lowest BCUT2D eigenvalue weighted by atomic mass is 9.88. The zero-order valence-electron chi connectivity index (χ0n) is 28.4. The molecule has 1 aliphatic rings. The number of aromatic nitrogens is 2. The molecule has 0 saturated carbocycles. The van der Waals surface area contributed by atoms with Gasteiger partial charge >= 0.3 is 7.12 Å². The van der Waals surface area contributed by atoms with Crippen molar-refractivity contribution in [2.24, 2.45) is 0 Å². The fourth-order valence-electron chi connectivity index (χ4n) is 4.94. The molecule has 1 aliphatic heterocycles. The van der Waals surface area contributed by atoms with E-state index in [1.807, 2.05) is 38.1 Å². The Labute approximate surface area is 304 Å². The van der Waals surface area contributed by atoms with Gasteiger partial charge in [0.05, 0.1) is 23.6 Å². The zero-order chi connectivity index (χ0) is 34.8. The summed E-state index contributed by atoms with van der Waals surface area (Å²) >= 11 is 5.69. The van der Waals surface area contributed by atoms with Crippen LogP contribution in [0.3, 0.4) is 0 Å². The standard InChI is InChI=1S/C15H14N2OS.C11H17BO2S.C10H9IN2O/c1-9-3-6-15(19-9)12-5-4-11(7-14(12)16)13-8-17-18-10(13)2;1-8-6-7-9(15-8)12-13-10(2,3)11(4,5)14-12;1-6-8(5-13-14-6)7-2-3-9(11)10(12)4-7/h3-8H,16H2,1-2H3;6-7H,1-5H3;2-5H,12H2,1H3. The van der Waals surface area contributed by atoms with Crippen LogP contribution in [0, 0.1) is 31.3 Å². The number of halogens is 1. The van der Waals surface area contributed by atoms with Crippen LogP contribution >= 0.6 is 45.3 Å². The third kappa shape index (κ3) is 8.06. The van der Waals surface area contributed by atoms with Crippen LogP contribution in [0.1, 0.15) is 49.0 Å². The van der Waals surface area contributed by atoms with Gasteiger partial charge in [0.2, 0.25) is 0 Å². The number of hydrogen-bond acceptors (Lipinski definition) is 10. The Hall–Kier alpha value is -3.43. The van der Waals surface area contributed by atoms with E-state index in [-0.39, 0.29) is 18.3 Å². The van der Waals surface area contributed by atoms with Crippen LogP contribution in [-0.4, -0.2) is 28.6 Å². The van der Waals surface area contributed by atoms with E-state index in [4.69, 9.17) is 29.8 Å². The predicted octanol–water partition coefficient (Wildman–Crippen LogP) is 9.46. The van der Waals surface area contributed by atoms with E-state index in [1.165, 1.54) is 14.6 Å². The topological polar surface area (TPSA) is 123 Å². The minimum atomic E-state index is -0.241. The molecular weight excluding hydrogens is 754 g/mol. The van der Waals surface area contributed by atoms with Gasteiger partial charge in [0, 0.05) is 51.0 Å². The molecule has 1 saturated heterocycles. The molecule has 6 aromatic rings. The molecule has 0 unspecified atom stereocenters. The summed E-state index contributed by atoms with van der Waals surface area (Å²) in [4.78, 5) is 3.77. The Morgan fingerprint density at radius 1 is 0.646 bits per heavy atom. The molecule has 0 aliphatic carbocycles. The van der Waals surface area contributed by atoms with Gasteiger partial charge in [-0.3, -0.25) is 0 Å². The summed E-state index contributed by atoms with van der Waals surface area (Å²) in [6.45, 7) is 16.3. The quantitative estimate of drug-likeness (QED) is 0.103. The first kappa shape index (κ1) is 35.9. The second-order valence-corrected chi connectivity index (χ2v) is 16.3. The third-order valence-electron chi connectivity index (χ3n) is 8.42. The van der Waals surface area contributed by atoms with E-state index < -0.39 is 0 Å². The molecule has 0 spiro atoms. The van der Waals surface area contributed by atoms with E-state index in [0.717, 1.165) is 59.1 Å². The van der Waals surface area contributed by atoms with Gasteiger partial charge in [-0.15, -0.1) is 22.7 Å². The lowest BCUT2D eigenvalue weighted by molar-refractivity contribution is 0.00578. The van der Waals surface area contributed by atoms with Gasteiger partial charge in [-0.05, 0) is 126 Å². The smallest absolute Gasteiger partial charge is 0.399 e. The lowest BCUT2D eigenvalue weighted by Gasteiger charge is -2.32. The fraction of sp³-hybridized carbons (Fsp3) is 0.278. The van der Waals surface area contributed by atoms with Crippen molar-refractivity contribution in [3.8, 4) is 32.7 Å². The normalized spacial score (nSPS) is 14.6. The first-order valence-corrected chi connectivity index (χ1v) is 18.1. The molecule has 2 aromatic carbocycles. The molecule has 48 heavy (non-hydrogen) atoms. The summed E-state index contributed by atoms with van der Waals surface area (Å²) in [6.07, 6.45) is 3.43. The van der Waals surface area contributed by atoms with Crippen LogP contribution in [-0.2, 0) is 9.31 Å². The summed E-state index contributed by atoms with van der Waals surface area (Å²) in [7, 11) is -0.200. The van der Waals surface area contributed by atoms with Crippen molar-refractivity contribution in [2.75, 3.05) is 11.5 Å². The number of benzene rings is 2. The Morgan fingerprint density at radius 2 is 1.17 bits per heavy atom. The molecular formula is C36H40BIN4O4S2. The van der Waals surface area contributed by atoms with Crippen molar-refractivity contribution in [1.82, 2.24) is 10.3 Å². The van der Waals surface area contributed by atoms with Gasteiger partial charge in [-0.1, -0.05) is 34.6 Å². The highest BCUT2D eigenvalue weighted by Gasteiger charge is 2.52. The Morgan fingerprint density at radius 3 is 1.60 bits per heavy atom. The van der Waals surface area contributed by atoms with Gasteiger partial charge in [0.25, 0.3) is 0 Å². The maximum atomic E-state index is 6.17. The SMILES string of the molecule is Cc1ccc(-c2ccc(-c3cnoc3C)cc2N)s1.Cc1ccc(B2OC(C)(C)C(C)(C)O2)s1.Cc1oncc1-c1ccc(I)c(N)c1. The number of thiophene rings is 2. The average molecular weight is 795 g/mol. The van der Waals surface area contributed by atoms with Crippen molar-refractivity contribution in [2.45, 2.75) is 66.6 Å². The lowest BCUT2D eigenvalue weighted by Crippen LogP contribution is -2.41. The number of anilines is 2. The second-order valence-electron chi connectivity index (χ2n) is 12.6. The highest BCUT2D eigenvalue weighted by atomic mass is 127. The van der Waals surface area contributed by atoms with Gasteiger partial charge in [-0.25, -0.2) is 0 Å². The Balaban J connectivity index is 0.000000143. The molecule has 7 rings (SSSR count). The number of nitrogens with zero attached hydrogens (tertiary/aromatic N) is 2. The Bertz CT molecular complexity index is 2000.